The lowest BCUT2D eigenvalue weighted by molar-refractivity contribution is 0.465. The number of nitrogens with zero attached hydrogens (tertiary/aromatic N) is 2. The Kier molecular flexibility index (Phi) is 2.82. The van der Waals surface area contributed by atoms with Crippen LogP contribution in [0.15, 0.2) is 0 Å². The first kappa shape index (κ1) is 10.0. The zero-order valence-corrected chi connectivity index (χ0v) is 9.64. The Balaban J connectivity index is 2.33. The molecule has 1 aromatic heterocycles. The second-order valence-corrected chi connectivity index (χ2v) is 4.45. The first-order valence-corrected chi connectivity index (χ1v) is 5.85. The Morgan fingerprint density at radius 3 is 2.57 bits per heavy atom. The van der Waals surface area contributed by atoms with Crippen LogP contribution in [0.2, 0.25) is 5.15 Å². The van der Waals surface area contributed by atoms with Crippen LogP contribution in [0, 0.1) is 6.92 Å². The minimum atomic E-state index is 0.557. The summed E-state index contributed by atoms with van der Waals surface area (Å²) in [5.74, 6) is 0. The summed E-state index contributed by atoms with van der Waals surface area (Å²) < 4.78 is 2.04. The summed E-state index contributed by atoms with van der Waals surface area (Å²) in [5.41, 5.74) is 2.32. The molecule has 1 fully saturated rings. The number of halogens is 1. The van der Waals surface area contributed by atoms with Gasteiger partial charge in [0.15, 0.2) is 0 Å². The van der Waals surface area contributed by atoms with E-state index in [0.717, 1.165) is 17.3 Å². The standard InChI is InChI=1S/C11H17ClN2/c1-3-10-8(2)13-14(11(10)12)9-6-4-5-7-9/h9H,3-7H2,1-2H3. The predicted octanol–water partition coefficient (Wildman–Crippen LogP) is 3.52. The minimum absolute atomic E-state index is 0.557. The number of hydrogen-bond donors (Lipinski definition) is 0. The fourth-order valence-electron chi connectivity index (χ4n) is 2.35. The third-order valence-corrected chi connectivity index (χ3v) is 3.57. The molecule has 0 unspecified atom stereocenters. The lowest BCUT2D eigenvalue weighted by Crippen LogP contribution is -2.06. The van der Waals surface area contributed by atoms with Gasteiger partial charge in [0, 0.05) is 5.56 Å². The summed E-state index contributed by atoms with van der Waals surface area (Å²) in [7, 11) is 0. The maximum atomic E-state index is 6.31. The van der Waals surface area contributed by atoms with Crippen LogP contribution in [0.5, 0.6) is 0 Å². The molecule has 1 aliphatic carbocycles. The molecule has 1 aromatic rings. The van der Waals surface area contributed by atoms with Gasteiger partial charge in [0.1, 0.15) is 5.15 Å². The van der Waals surface area contributed by atoms with Crippen LogP contribution in [0.4, 0.5) is 0 Å². The molecule has 14 heavy (non-hydrogen) atoms. The molecule has 1 heterocycles. The Morgan fingerprint density at radius 2 is 2.07 bits per heavy atom. The van der Waals surface area contributed by atoms with Crippen molar-refractivity contribution in [3.05, 3.63) is 16.4 Å². The summed E-state index contributed by atoms with van der Waals surface area (Å²) in [4.78, 5) is 0. The van der Waals surface area contributed by atoms with Crippen LogP contribution < -0.4 is 0 Å². The third kappa shape index (κ3) is 1.56. The second kappa shape index (κ2) is 3.93. The first-order valence-electron chi connectivity index (χ1n) is 5.47. The average molecular weight is 213 g/mol. The van der Waals surface area contributed by atoms with E-state index in [4.69, 9.17) is 11.6 Å². The first-order chi connectivity index (χ1) is 6.74. The Hall–Kier alpha value is -0.500. The van der Waals surface area contributed by atoms with Gasteiger partial charge in [0.05, 0.1) is 11.7 Å². The topological polar surface area (TPSA) is 17.8 Å². The molecule has 0 aliphatic heterocycles. The molecule has 0 radical (unpaired) electrons. The highest BCUT2D eigenvalue weighted by Crippen LogP contribution is 2.33. The normalized spacial score (nSPS) is 17.9. The summed E-state index contributed by atoms with van der Waals surface area (Å²) in [6.07, 6.45) is 6.11. The number of hydrogen-bond acceptors (Lipinski definition) is 1. The maximum Gasteiger partial charge on any atom is 0.130 e. The molecule has 0 aromatic carbocycles. The van der Waals surface area contributed by atoms with Crippen molar-refractivity contribution >= 4 is 11.6 Å². The zero-order chi connectivity index (χ0) is 10.1. The summed E-state index contributed by atoms with van der Waals surface area (Å²) in [6, 6.07) is 0.557. The molecule has 0 atom stereocenters. The highest BCUT2D eigenvalue weighted by Gasteiger charge is 2.22. The summed E-state index contributed by atoms with van der Waals surface area (Å²) >= 11 is 6.31. The van der Waals surface area contributed by atoms with E-state index < -0.39 is 0 Å². The highest BCUT2D eigenvalue weighted by atomic mass is 35.5. The van der Waals surface area contributed by atoms with Gasteiger partial charge in [-0.1, -0.05) is 31.4 Å². The van der Waals surface area contributed by atoms with E-state index in [0.29, 0.717) is 6.04 Å². The third-order valence-electron chi connectivity index (χ3n) is 3.17. The van der Waals surface area contributed by atoms with Gasteiger partial charge < -0.3 is 0 Å². The van der Waals surface area contributed by atoms with Crippen LogP contribution in [0.25, 0.3) is 0 Å². The van der Waals surface area contributed by atoms with E-state index >= 15 is 0 Å². The zero-order valence-electron chi connectivity index (χ0n) is 8.89. The molecule has 0 saturated heterocycles. The van der Waals surface area contributed by atoms with Crippen LogP contribution >= 0.6 is 11.6 Å². The quantitative estimate of drug-likeness (QED) is 0.734. The monoisotopic (exact) mass is 212 g/mol. The van der Waals surface area contributed by atoms with Crippen molar-refractivity contribution in [3.63, 3.8) is 0 Å². The van der Waals surface area contributed by atoms with E-state index in [1.54, 1.807) is 0 Å². The molecule has 78 valence electrons. The molecule has 2 nitrogen and oxygen atoms in total. The van der Waals surface area contributed by atoms with Crippen molar-refractivity contribution < 1.29 is 0 Å². The Bertz CT molecular complexity index is 324. The summed E-state index contributed by atoms with van der Waals surface area (Å²) in [5, 5.41) is 5.42. The van der Waals surface area contributed by atoms with Crippen molar-refractivity contribution in [2.45, 2.75) is 52.0 Å². The van der Waals surface area contributed by atoms with Crippen LogP contribution in [0.1, 0.15) is 49.9 Å². The van der Waals surface area contributed by atoms with Gasteiger partial charge in [0.25, 0.3) is 0 Å². The number of aryl methyl sites for hydroxylation is 1. The lowest BCUT2D eigenvalue weighted by Gasteiger charge is -2.10. The van der Waals surface area contributed by atoms with Crippen molar-refractivity contribution in [3.8, 4) is 0 Å². The number of rotatable bonds is 2. The van der Waals surface area contributed by atoms with Gasteiger partial charge in [-0.15, -0.1) is 0 Å². The average Bonchev–Trinajstić information content (AvgIpc) is 2.74. The second-order valence-electron chi connectivity index (χ2n) is 4.09. The molecule has 1 aliphatic rings. The van der Waals surface area contributed by atoms with E-state index in [1.807, 2.05) is 4.68 Å². The van der Waals surface area contributed by atoms with Crippen LogP contribution in [0.3, 0.4) is 0 Å². The van der Waals surface area contributed by atoms with Gasteiger partial charge in [-0.25, -0.2) is 0 Å². The molecular weight excluding hydrogens is 196 g/mol. The molecule has 0 bridgehead atoms. The van der Waals surface area contributed by atoms with Gasteiger partial charge in [-0.05, 0) is 26.2 Å². The smallest absolute Gasteiger partial charge is 0.130 e. The SMILES string of the molecule is CCc1c(C)nn(C2CCCC2)c1Cl. The van der Waals surface area contributed by atoms with Gasteiger partial charge in [-0.3, -0.25) is 4.68 Å². The van der Waals surface area contributed by atoms with Crippen molar-refractivity contribution in [2.75, 3.05) is 0 Å². The molecule has 1 saturated carbocycles. The fourth-order valence-corrected chi connectivity index (χ4v) is 2.79. The Morgan fingerprint density at radius 1 is 1.43 bits per heavy atom. The highest BCUT2D eigenvalue weighted by molar-refractivity contribution is 6.30. The van der Waals surface area contributed by atoms with Crippen molar-refractivity contribution in [1.82, 2.24) is 9.78 Å². The number of aromatic nitrogens is 2. The lowest BCUT2D eigenvalue weighted by atomic mass is 10.2. The van der Waals surface area contributed by atoms with Gasteiger partial charge in [0.2, 0.25) is 0 Å². The molecule has 2 rings (SSSR count). The van der Waals surface area contributed by atoms with E-state index in [1.165, 1.54) is 31.2 Å². The van der Waals surface area contributed by atoms with Crippen molar-refractivity contribution in [1.29, 1.82) is 0 Å². The van der Waals surface area contributed by atoms with Gasteiger partial charge >= 0.3 is 0 Å². The van der Waals surface area contributed by atoms with E-state index in [2.05, 4.69) is 18.9 Å². The molecule has 0 N–H and O–H groups in total. The van der Waals surface area contributed by atoms with Gasteiger partial charge in [-0.2, -0.15) is 5.10 Å². The predicted molar refractivity (Wildman–Crippen MR) is 58.9 cm³/mol. The molecular formula is C11H17ClN2. The fraction of sp³-hybridized carbons (Fsp3) is 0.727. The van der Waals surface area contributed by atoms with E-state index in [-0.39, 0.29) is 0 Å². The molecule has 3 heteroatoms. The summed E-state index contributed by atoms with van der Waals surface area (Å²) in [6.45, 7) is 4.19. The molecule has 0 spiro atoms. The largest absolute Gasteiger partial charge is 0.250 e. The van der Waals surface area contributed by atoms with Crippen LogP contribution in [-0.4, -0.2) is 9.78 Å². The van der Waals surface area contributed by atoms with Crippen molar-refractivity contribution in [2.24, 2.45) is 0 Å². The molecule has 0 amide bonds. The van der Waals surface area contributed by atoms with E-state index in [9.17, 15) is 0 Å². The minimum Gasteiger partial charge on any atom is -0.250 e. The van der Waals surface area contributed by atoms with Crippen LogP contribution in [-0.2, 0) is 6.42 Å². The maximum absolute atomic E-state index is 6.31. The Labute approximate surface area is 90.3 Å².